The van der Waals surface area contributed by atoms with E-state index in [4.69, 9.17) is 0 Å². The molecule has 0 bridgehead atoms. The van der Waals surface area contributed by atoms with Crippen molar-refractivity contribution in [2.45, 2.75) is 24.9 Å². The fraction of sp³-hybridized carbons (Fsp3) is 0.375. The minimum Gasteiger partial charge on any atom is -0.740 e. The SMILES string of the molecule is CCC[n+]1ccccc1S(=O)(=O)[O-]. The second kappa shape index (κ2) is 3.85. The molecule has 72 valence electrons. The van der Waals surface area contributed by atoms with Gasteiger partial charge >= 0.3 is 0 Å². The van der Waals surface area contributed by atoms with Crippen LogP contribution in [0.3, 0.4) is 0 Å². The van der Waals surface area contributed by atoms with Crippen LogP contribution in [-0.4, -0.2) is 13.0 Å². The first-order valence-electron chi connectivity index (χ1n) is 4.00. The second-order valence-corrected chi connectivity index (χ2v) is 4.01. The predicted octanol–water partition coefficient (Wildman–Crippen LogP) is 0.288. The minimum absolute atomic E-state index is 0.170. The molecule has 1 aromatic heterocycles. The van der Waals surface area contributed by atoms with Crippen LogP contribution < -0.4 is 4.57 Å². The third-order valence-electron chi connectivity index (χ3n) is 1.62. The Labute approximate surface area is 77.6 Å². The molecule has 4 nitrogen and oxygen atoms in total. The van der Waals surface area contributed by atoms with Gasteiger partial charge < -0.3 is 4.55 Å². The van der Waals surface area contributed by atoms with E-state index in [9.17, 15) is 13.0 Å². The van der Waals surface area contributed by atoms with Crippen LogP contribution in [0.1, 0.15) is 13.3 Å². The molecule has 0 fully saturated rings. The monoisotopic (exact) mass is 201 g/mol. The summed E-state index contributed by atoms with van der Waals surface area (Å²) in [5.41, 5.74) is 0. The van der Waals surface area contributed by atoms with Crippen molar-refractivity contribution in [3.63, 3.8) is 0 Å². The van der Waals surface area contributed by atoms with Crippen molar-refractivity contribution in [2.75, 3.05) is 0 Å². The van der Waals surface area contributed by atoms with Crippen LogP contribution in [0.5, 0.6) is 0 Å². The Balaban J connectivity index is 3.20. The highest BCUT2D eigenvalue weighted by Gasteiger charge is 2.14. The molecule has 0 atom stereocenters. The third kappa shape index (κ3) is 2.50. The molecule has 0 aliphatic rings. The van der Waals surface area contributed by atoms with Crippen molar-refractivity contribution in [3.8, 4) is 0 Å². The van der Waals surface area contributed by atoms with Crippen molar-refractivity contribution in [2.24, 2.45) is 0 Å². The highest BCUT2D eigenvalue weighted by Crippen LogP contribution is 2.00. The molecule has 0 aliphatic heterocycles. The van der Waals surface area contributed by atoms with Gasteiger partial charge in [0.05, 0.1) is 0 Å². The molecular weight excluding hydrogens is 190 g/mol. The summed E-state index contributed by atoms with van der Waals surface area (Å²) in [5.74, 6) is 0. The lowest BCUT2D eigenvalue weighted by Crippen LogP contribution is -2.39. The molecule has 0 saturated carbocycles. The number of pyridine rings is 1. The van der Waals surface area contributed by atoms with Crippen LogP contribution in [0.15, 0.2) is 29.4 Å². The van der Waals surface area contributed by atoms with Crippen LogP contribution in [0.4, 0.5) is 0 Å². The van der Waals surface area contributed by atoms with E-state index in [1.165, 1.54) is 16.7 Å². The fourth-order valence-corrected chi connectivity index (χ4v) is 1.80. The summed E-state index contributed by atoms with van der Waals surface area (Å²) in [4.78, 5) is 0. The van der Waals surface area contributed by atoms with Gasteiger partial charge in [0.1, 0.15) is 6.54 Å². The molecule has 0 spiro atoms. The van der Waals surface area contributed by atoms with E-state index >= 15 is 0 Å². The Kier molecular flexibility index (Phi) is 3.00. The van der Waals surface area contributed by atoms with Gasteiger partial charge in [0.25, 0.3) is 5.03 Å². The first-order chi connectivity index (χ1) is 6.05. The smallest absolute Gasteiger partial charge is 0.285 e. The highest BCUT2D eigenvalue weighted by atomic mass is 32.2. The molecule has 5 heteroatoms. The Hall–Kier alpha value is -0.940. The lowest BCUT2D eigenvalue weighted by molar-refractivity contribution is -0.734. The summed E-state index contributed by atoms with van der Waals surface area (Å²) in [5, 5.41) is -0.170. The van der Waals surface area contributed by atoms with E-state index < -0.39 is 10.1 Å². The number of hydrogen-bond acceptors (Lipinski definition) is 3. The molecule has 1 aromatic rings. The molecule has 0 radical (unpaired) electrons. The van der Waals surface area contributed by atoms with E-state index in [0.29, 0.717) is 6.54 Å². The van der Waals surface area contributed by atoms with Crippen LogP contribution >= 0.6 is 0 Å². The lowest BCUT2D eigenvalue weighted by Gasteiger charge is -2.05. The summed E-state index contributed by atoms with van der Waals surface area (Å²) in [6.45, 7) is 2.46. The zero-order valence-electron chi connectivity index (χ0n) is 7.30. The molecule has 0 saturated heterocycles. The van der Waals surface area contributed by atoms with Crippen LogP contribution in [-0.2, 0) is 16.7 Å². The van der Waals surface area contributed by atoms with Gasteiger partial charge in [-0.05, 0) is 6.07 Å². The van der Waals surface area contributed by atoms with Crippen molar-refractivity contribution >= 4 is 10.1 Å². The Morgan fingerprint density at radius 2 is 2.15 bits per heavy atom. The number of aryl methyl sites for hydroxylation is 1. The van der Waals surface area contributed by atoms with Gasteiger partial charge in [0.2, 0.25) is 0 Å². The van der Waals surface area contributed by atoms with E-state index in [-0.39, 0.29) is 5.03 Å². The topological polar surface area (TPSA) is 61.1 Å². The van der Waals surface area contributed by atoms with E-state index in [1.54, 1.807) is 12.3 Å². The maximum absolute atomic E-state index is 10.8. The van der Waals surface area contributed by atoms with Gasteiger partial charge in [0, 0.05) is 18.6 Å². The summed E-state index contributed by atoms with van der Waals surface area (Å²) >= 11 is 0. The third-order valence-corrected chi connectivity index (χ3v) is 2.50. The van der Waals surface area contributed by atoms with Crippen molar-refractivity contribution in [1.29, 1.82) is 0 Å². The average molecular weight is 201 g/mol. The Morgan fingerprint density at radius 1 is 1.46 bits per heavy atom. The molecule has 0 amide bonds. The van der Waals surface area contributed by atoms with Gasteiger partial charge in [-0.2, -0.15) is 4.57 Å². The standard InChI is InChI=1S/C8H11NO3S/c1-2-6-9-7-4-3-5-8(9)13(10,11)12/h3-5,7H,2,6H2,1H3. The van der Waals surface area contributed by atoms with E-state index in [1.807, 2.05) is 6.92 Å². The maximum Gasteiger partial charge on any atom is 0.285 e. The number of aromatic nitrogens is 1. The predicted molar refractivity (Wildman–Crippen MR) is 44.9 cm³/mol. The quantitative estimate of drug-likeness (QED) is 0.521. The van der Waals surface area contributed by atoms with Crippen LogP contribution in [0.25, 0.3) is 0 Å². The number of rotatable bonds is 3. The van der Waals surface area contributed by atoms with Crippen molar-refractivity contribution in [1.82, 2.24) is 0 Å². The summed E-state index contributed by atoms with van der Waals surface area (Å²) in [7, 11) is -4.34. The number of hydrogen-bond donors (Lipinski definition) is 0. The lowest BCUT2D eigenvalue weighted by atomic mass is 10.4. The molecule has 0 unspecified atom stereocenters. The van der Waals surface area contributed by atoms with Gasteiger partial charge in [-0.25, -0.2) is 8.42 Å². The normalized spacial score (nSPS) is 11.5. The summed E-state index contributed by atoms with van der Waals surface area (Å²) in [6, 6.07) is 4.55. The molecule has 0 aliphatic carbocycles. The first kappa shape index (κ1) is 10.1. The second-order valence-electron chi connectivity index (χ2n) is 2.69. The van der Waals surface area contributed by atoms with Crippen LogP contribution in [0, 0.1) is 0 Å². The molecule has 0 N–H and O–H groups in total. The van der Waals surface area contributed by atoms with Gasteiger partial charge in [-0.1, -0.05) is 6.92 Å². The Morgan fingerprint density at radius 3 is 2.69 bits per heavy atom. The molecule has 1 heterocycles. The van der Waals surface area contributed by atoms with Crippen LogP contribution in [0.2, 0.25) is 0 Å². The summed E-state index contributed by atoms with van der Waals surface area (Å²) < 4.78 is 33.7. The average Bonchev–Trinajstić information content (AvgIpc) is 2.04. The maximum atomic E-state index is 10.8. The van der Waals surface area contributed by atoms with Gasteiger partial charge in [-0.3, -0.25) is 0 Å². The zero-order valence-corrected chi connectivity index (χ0v) is 8.12. The number of nitrogens with zero attached hydrogens (tertiary/aromatic N) is 1. The fourth-order valence-electron chi connectivity index (χ4n) is 1.11. The Bertz CT molecular complexity index is 386. The van der Waals surface area contributed by atoms with Gasteiger partial charge in [-0.15, -0.1) is 0 Å². The minimum atomic E-state index is -4.34. The molecule has 1 rings (SSSR count). The zero-order chi connectivity index (χ0) is 9.90. The van der Waals surface area contributed by atoms with E-state index in [0.717, 1.165) is 6.42 Å². The molecular formula is C8H11NO3S. The van der Waals surface area contributed by atoms with E-state index in [2.05, 4.69) is 0 Å². The van der Waals surface area contributed by atoms with Crippen molar-refractivity contribution < 1.29 is 17.5 Å². The largest absolute Gasteiger partial charge is 0.740 e. The van der Waals surface area contributed by atoms with Gasteiger partial charge in [0.15, 0.2) is 16.3 Å². The van der Waals surface area contributed by atoms with Crippen molar-refractivity contribution in [3.05, 3.63) is 24.4 Å². The summed E-state index contributed by atoms with van der Waals surface area (Å²) in [6.07, 6.45) is 2.38. The molecule has 0 aromatic carbocycles. The first-order valence-corrected chi connectivity index (χ1v) is 5.41. The molecule has 13 heavy (non-hydrogen) atoms. The highest BCUT2D eigenvalue weighted by molar-refractivity contribution is 7.85.